The molecule has 1 heterocycles. The van der Waals surface area contributed by atoms with Crippen LogP contribution in [0.2, 0.25) is 0 Å². The van der Waals surface area contributed by atoms with Crippen molar-refractivity contribution in [2.45, 2.75) is 26.5 Å². The van der Waals surface area contributed by atoms with Gasteiger partial charge >= 0.3 is 0 Å². The molecule has 0 atom stereocenters. The Morgan fingerprint density at radius 3 is 3.00 bits per heavy atom. The van der Waals surface area contributed by atoms with Crippen molar-refractivity contribution >= 4 is 5.69 Å². The summed E-state index contributed by atoms with van der Waals surface area (Å²) in [7, 11) is 0. The summed E-state index contributed by atoms with van der Waals surface area (Å²) in [5.74, 6) is 0.657. The van der Waals surface area contributed by atoms with Gasteiger partial charge < -0.3 is 10.5 Å². The number of nitrogen functional groups attached to an aromatic ring is 1. The van der Waals surface area contributed by atoms with Crippen LogP contribution in [0.4, 0.5) is 10.1 Å². The number of hydrogen-bond donors (Lipinski definition) is 1. The van der Waals surface area contributed by atoms with Gasteiger partial charge in [-0.1, -0.05) is 6.92 Å². The minimum absolute atomic E-state index is 0.108. The lowest BCUT2D eigenvalue weighted by molar-refractivity contribution is 0.285. The summed E-state index contributed by atoms with van der Waals surface area (Å²) in [6.07, 6.45) is 2.45. The monoisotopic (exact) mass is 250 g/mol. The number of aromatic nitrogens is 3. The highest BCUT2D eigenvalue weighted by Gasteiger charge is 2.06. The second-order valence-electron chi connectivity index (χ2n) is 3.87. The Hall–Kier alpha value is -2.11. The predicted molar refractivity (Wildman–Crippen MR) is 65.5 cm³/mol. The maximum absolute atomic E-state index is 13.2. The van der Waals surface area contributed by atoms with Crippen LogP contribution in [0.1, 0.15) is 19.2 Å². The van der Waals surface area contributed by atoms with Crippen molar-refractivity contribution in [2.24, 2.45) is 0 Å². The normalized spacial score (nSPS) is 10.6. The number of hydrogen-bond acceptors (Lipinski definition) is 4. The molecule has 0 fully saturated rings. The minimum atomic E-state index is -0.484. The predicted octanol–water partition coefficient (Wildman–Crippen LogP) is 1.99. The number of aryl methyl sites for hydroxylation is 1. The molecule has 0 saturated carbocycles. The van der Waals surface area contributed by atoms with Crippen molar-refractivity contribution in [3.8, 4) is 5.75 Å². The van der Waals surface area contributed by atoms with Crippen LogP contribution < -0.4 is 10.5 Å². The quantitative estimate of drug-likeness (QED) is 0.824. The highest BCUT2D eigenvalue weighted by molar-refractivity contribution is 5.43. The number of nitrogens with two attached hydrogens (primary N) is 1. The molecule has 1 aromatic carbocycles. The highest BCUT2D eigenvalue weighted by Crippen LogP contribution is 2.18. The zero-order chi connectivity index (χ0) is 13.0. The van der Waals surface area contributed by atoms with E-state index in [-0.39, 0.29) is 12.3 Å². The Kier molecular flexibility index (Phi) is 3.76. The molecule has 1 aromatic heterocycles. The number of anilines is 1. The van der Waals surface area contributed by atoms with Crippen LogP contribution in [0.15, 0.2) is 24.5 Å². The first-order valence-electron chi connectivity index (χ1n) is 5.75. The average molecular weight is 250 g/mol. The molecule has 5 nitrogen and oxygen atoms in total. The fourth-order valence-electron chi connectivity index (χ4n) is 1.54. The zero-order valence-electron chi connectivity index (χ0n) is 10.1. The molecule has 0 saturated heterocycles. The zero-order valence-corrected chi connectivity index (χ0v) is 10.1. The molecule has 18 heavy (non-hydrogen) atoms. The average Bonchev–Trinajstić information content (AvgIpc) is 2.79. The summed E-state index contributed by atoms with van der Waals surface area (Å²) < 4.78 is 20.4. The van der Waals surface area contributed by atoms with Crippen LogP contribution in [-0.4, -0.2) is 14.8 Å². The molecule has 2 rings (SSSR count). The van der Waals surface area contributed by atoms with Crippen molar-refractivity contribution in [1.82, 2.24) is 14.8 Å². The molecule has 0 bridgehead atoms. The first-order valence-corrected chi connectivity index (χ1v) is 5.75. The third-order valence-electron chi connectivity index (χ3n) is 2.47. The molecule has 0 aliphatic heterocycles. The maximum Gasteiger partial charge on any atom is 0.164 e. The molecule has 0 amide bonds. The standard InChI is InChI=1S/C12H15FN4O/c1-2-5-17-12(15-8-16-17)7-18-9-3-4-11(14)10(13)6-9/h3-4,6,8H,2,5,7,14H2,1H3. The number of benzene rings is 1. The summed E-state index contributed by atoms with van der Waals surface area (Å²) in [6.45, 7) is 3.10. The number of ether oxygens (including phenoxy) is 1. The molecular formula is C12H15FN4O. The van der Waals surface area contributed by atoms with Gasteiger partial charge in [0.2, 0.25) is 0 Å². The van der Waals surface area contributed by atoms with Crippen LogP contribution in [-0.2, 0) is 13.2 Å². The third-order valence-corrected chi connectivity index (χ3v) is 2.47. The van der Waals surface area contributed by atoms with Crippen molar-refractivity contribution in [3.63, 3.8) is 0 Å². The van der Waals surface area contributed by atoms with Crippen LogP contribution in [0, 0.1) is 5.82 Å². The van der Waals surface area contributed by atoms with Gasteiger partial charge in [-0.2, -0.15) is 5.10 Å². The molecule has 2 aromatic rings. The Morgan fingerprint density at radius 1 is 1.44 bits per heavy atom. The van der Waals surface area contributed by atoms with Gasteiger partial charge in [-0.15, -0.1) is 0 Å². The van der Waals surface area contributed by atoms with Crippen molar-refractivity contribution in [2.75, 3.05) is 5.73 Å². The van der Waals surface area contributed by atoms with Crippen LogP contribution in [0.5, 0.6) is 5.75 Å². The Balaban J connectivity index is 2.02. The van der Waals surface area contributed by atoms with Gasteiger partial charge in [0.25, 0.3) is 0 Å². The topological polar surface area (TPSA) is 66.0 Å². The number of rotatable bonds is 5. The summed E-state index contributed by atoms with van der Waals surface area (Å²) in [5.41, 5.74) is 5.49. The first-order chi connectivity index (χ1) is 8.70. The lowest BCUT2D eigenvalue weighted by atomic mass is 10.3. The first kappa shape index (κ1) is 12.3. The summed E-state index contributed by atoms with van der Waals surface area (Å²) in [4.78, 5) is 4.10. The second-order valence-corrected chi connectivity index (χ2v) is 3.87. The van der Waals surface area contributed by atoms with Gasteiger partial charge in [-0.05, 0) is 18.6 Å². The molecule has 0 aliphatic rings. The van der Waals surface area contributed by atoms with E-state index in [0.717, 1.165) is 13.0 Å². The summed E-state index contributed by atoms with van der Waals surface area (Å²) in [5, 5.41) is 4.08. The fourth-order valence-corrected chi connectivity index (χ4v) is 1.54. The van der Waals surface area contributed by atoms with E-state index in [9.17, 15) is 4.39 Å². The lowest BCUT2D eigenvalue weighted by Crippen LogP contribution is -2.08. The molecule has 2 N–H and O–H groups in total. The minimum Gasteiger partial charge on any atom is -0.486 e. The van der Waals surface area contributed by atoms with Crippen LogP contribution in [0.3, 0.4) is 0 Å². The van der Waals surface area contributed by atoms with Crippen molar-refractivity contribution in [3.05, 3.63) is 36.2 Å². The van der Waals surface area contributed by atoms with Crippen LogP contribution >= 0.6 is 0 Å². The smallest absolute Gasteiger partial charge is 0.164 e. The Bertz CT molecular complexity index is 527. The van der Waals surface area contributed by atoms with Crippen LogP contribution in [0.25, 0.3) is 0 Å². The largest absolute Gasteiger partial charge is 0.486 e. The molecule has 96 valence electrons. The SMILES string of the molecule is CCCn1ncnc1COc1ccc(N)c(F)c1. The molecule has 0 spiro atoms. The van der Waals surface area contributed by atoms with E-state index in [1.165, 1.54) is 18.5 Å². The van der Waals surface area contributed by atoms with Gasteiger partial charge in [0, 0.05) is 12.6 Å². The van der Waals surface area contributed by atoms with Gasteiger partial charge in [0.05, 0.1) is 5.69 Å². The van der Waals surface area contributed by atoms with E-state index >= 15 is 0 Å². The third kappa shape index (κ3) is 2.77. The van der Waals surface area contributed by atoms with E-state index in [4.69, 9.17) is 10.5 Å². The lowest BCUT2D eigenvalue weighted by Gasteiger charge is -2.07. The number of nitrogens with zero attached hydrogens (tertiary/aromatic N) is 3. The highest BCUT2D eigenvalue weighted by atomic mass is 19.1. The van der Waals surface area contributed by atoms with E-state index < -0.39 is 5.82 Å². The molecule has 0 radical (unpaired) electrons. The summed E-state index contributed by atoms with van der Waals surface area (Å²) >= 11 is 0. The van der Waals surface area contributed by atoms with E-state index in [0.29, 0.717) is 11.6 Å². The van der Waals surface area contributed by atoms with Gasteiger partial charge in [0.15, 0.2) is 5.82 Å². The summed E-state index contributed by atoms with van der Waals surface area (Å²) in [6, 6.07) is 4.36. The second kappa shape index (κ2) is 5.48. The fraction of sp³-hybridized carbons (Fsp3) is 0.333. The van der Waals surface area contributed by atoms with Gasteiger partial charge in [0.1, 0.15) is 24.5 Å². The van der Waals surface area contributed by atoms with Crippen molar-refractivity contribution in [1.29, 1.82) is 0 Å². The van der Waals surface area contributed by atoms with E-state index in [2.05, 4.69) is 17.0 Å². The van der Waals surface area contributed by atoms with Crippen molar-refractivity contribution < 1.29 is 9.13 Å². The molecule has 0 aliphatic carbocycles. The Morgan fingerprint density at radius 2 is 2.28 bits per heavy atom. The van der Waals surface area contributed by atoms with Gasteiger partial charge in [-0.25, -0.2) is 14.1 Å². The number of halogens is 1. The molecular weight excluding hydrogens is 235 g/mol. The Labute approximate surface area is 104 Å². The van der Waals surface area contributed by atoms with E-state index in [1.807, 2.05) is 0 Å². The van der Waals surface area contributed by atoms with Gasteiger partial charge in [-0.3, -0.25) is 0 Å². The van der Waals surface area contributed by atoms with E-state index in [1.54, 1.807) is 10.7 Å². The maximum atomic E-state index is 13.2. The molecule has 0 unspecified atom stereocenters. The molecule has 6 heteroatoms.